The minimum absolute atomic E-state index is 0.117. The molecule has 0 spiro atoms. The highest BCUT2D eigenvalue weighted by Crippen LogP contribution is 2.28. The molecule has 2 aromatic rings. The number of hydrogen-bond donors (Lipinski definition) is 1. The molecule has 0 saturated carbocycles. The molecule has 4 heteroatoms. The number of likely N-dealkylation sites (N-methyl/N-ethyl adjacent to an activating group) is 1. The van der Waals surface area contributed by atoms with E-state index in [-0.39, 0.29) is 12.1 Å². The average molecular weight is 286 g/mol. The van der Waals surface area contributed by atoms with Crippen LogP contribution < -0.4 is 5.32 Å². The number of rotatable bonds is 5. The first-order valence-corrected chi connectivity index (χ1v) is 7.45. The minimum atomic E-state index is 0.117. The Bertz CT molecular complexity index is 521. The van der Waals surface area contributed by atoms with E-state index >= 15 is 0 Å². The van der Waals surface area contributed by atoms with Crippen molar-refractivity contribution < 1.29 is 9.15 Å². The number of morpholine rings is 1. The summed E-state index contributed by atoms with van der Waals surface area (Å²) >= 11 is 0. The summed E-state index contributed by atoms with van der Waals surface area (Å²) in [7, 11) is 2.12. The fraction of sp³-hybridized carbons (Fsp3) is 0.412. The van der Waals surface area contributed by atoms with Gasteiger partial charge in [-0.1, -0.05) is 30.3 Å². The standard InChI is InChI=1S/C17H22N2O2/c1-19(13-15-12-18-9-11-20-15)17(16-8-5-10-21-16)14-6-3-2-4-7-14/h2-8,10,15,17-18H,9,11-13H2,1H3. The van der Waals surface area contributed by atoms with Gasteiger partial charge in [0.15, 0.2) is 0 Å². The molecule has 2 atom stereocenters. The summed E-state index contributed by atoms with van der Waals surface area (Å²) in [6.45, 7) is 3.51. The van der Waals surface area contributed by atoms with Crippen LogP contribution in [0.4, 0.5) is 0 Å². The molecule has 0 aliphatic carbocycles. The molecule has 0 radical (unpaired) electrons. The van der Waals surface area contributed by atoms with E-state index in [1.54, 1.807) is 6.26 Å². The third kappa shape index (κ3) is 3.53. The molecule has 1 aromatic carbocycles. The molecule has 112 valence electrons. The summed E-state index contributed by atoms with van der Waals surface area (Å²) in [5, 5.41) is 3.38. The Kier molecular flexibility index (Phi) is 4.70. The van der Waals surface area contributed by atoms with Crippen molar-refractivity contribution in [2.24, 2.45) is 0 Å². The van der Waals surface area contributed by atoms with Crippen LogP contribution in [0.3, 0.4) is 0 Å². The van der Waals surface area contributed by atoms with Gasteiger partial charge in [0, 0.05) is 19.6 Å². The summed E-state index contributed by atoms with van der Waals surface area (Å²) in [4.78, 5) is 2.30. The van der Waals surface area contributed by atoms with E-state index in [1.807, 2.05) is 18.2 Å². The van der Waals surface area contributed by atoms with Gasteiger partial charge in [-0.25, -0.2) is 0 Å². The van der Waals surface area contributed by atoms with Gasteiger partial charge in [-0.15, -0.1) is 0 Å². The van der Waals surface area contributed by atoms with Gasteiger partial charge < -0.3 is 14.5 Å². The zero-order chi connectivity index (χ0) is 14.5. The van der Waals surface area contributed by atoms with Gasteiger partial charge in [-0.3, -0.25) is 4.90 Å². The fourth-order valence-electron chi connectivity index (χ4n) is 2.88. The van der Waals surface area contributed by atoms with Crippen LogP contribution in [0.2, 0.25) is 0 Å². The molecule has 1 aromatic heterocycles. The summed E-state index contributed by atoms with van der Waals surface area (Å²) in [5.74, 6) is 0.965. The number of ether oxygens (including phenoxy) is 1. The monoisotopic (exact) mass is 286 g/mol. The van der Waals surface area contributed by atoms with Gasteiger partial charge in [0.1, 0.15) is 5.76 Å². The lowest BCUT2D eigenvalue weighted by molar-refractivity contribution is 0.00412. The lowest BCUT2D eigenvalue weighted by Gasteiger charge is -2.32. The van der Waals surface area contributed by atoms with E-state index in [1.165, 1.54) is 5.56 Å². The largest absolute Gasteiger partial charge is 0.467 e. The highest BCUT2D eigenvalue weighted by atomic mass is 16.5. The van der Waals surface area contributed by atoms with Crippen LogP contribution in [-0.4, -0.2) is 44.3 Å². The smallest absolute Gasteiger partial charge is 0.125 e. The van der Waals surface area contributed by atoms with Crippen molar-refractivity contribution >= 4 is 0 Å². The molecule has 21 heavy (non-hydrogen) atoms. The highest BCUT2D eigenvalue weighted by Gasteiger charge is 2.25. The zero-order valence-electron chi connectivity index (χ0n) is 12.4. The van der Waals surface area contributed by atoms with Gasteiger partial charge in [0.05, 0.1) is 25.0 Å². The van der Waals surface area contributed by atoms with Crippen LogP contribution in [0, 0.1) is 0 Å². The van der Waals surface area contributed by atoms with Crippen LogP contribution in [0.5, 0.6) is 0 Å². The molecular formula is C17H22N2O2. The Morgan fingerprint density at radius 3 is 2.76 bits per heavy atom. The molecule has 1 saturated heterocycles. The number of furan rings is 1. The third-order valence-corrected chi connectivity index (χ3v) is 3.86. The van der Waals surface area contributed by atoms with Crippen LogP contribution in [0.1, 0.15) is 17.4 Å². The van der Waals surface area contributed by atoms with Crippen molar-refractivity contribution in [1.29, 1.82) is 0 Å². The Balaban J connectivity index is 1.78. The van der Waals surface area contributed by atoms with Crippen molar-refractivity contribution in [3.8, 4) is 0 Å². The van der Waals surface area contributed by atoms with E-state index in [4.69, 9.17) is 9.15 Å². The first kappa shape index (κ1) is 14.3. The molecule has 1 fully saturated rings. The Morgan fingerprint density at radius 2 is 2.10 bits per heavy atom. The molecule has 1 aliphatic rings. The van der Waals surface area contributed by atoms with E-state index in [0.717, 1.165) is 32.0 Å². The van der Waals surface area contributed by atoms with E-state index in [2.05, 4.69) is 41.5 Å². The third-order valence-electron chi connectivity index (χ3n) is 3.86. The van der Waals surface area contributed by atoms with Crippen LogP contribution in [0.25, 0.3) is 0 Å². The number of nitrogens with one attached hydrogen (secondary N) is 1. The normalized spacial score (nSPS) is 20.6. The van der Waals surface area contributed by atoms with E-state index in [0.29, 0.717) is 0 Å². The molecule has 1 aliphatic heterocycles. The van der Waals surface area contributed by atoms with Gasteiger partial charge in [-0.05, 0) is 24.7 Å². The van der Waals surface area contributed by atoms with Crippen molar-refractivity contribution in [2.45, 2.75) is 12.1 Å². The molecule has 0 bridgehead atoms. The maximum Gasteiger partial charge on any atom is 0.125 e. The number of nitrogens with zero attached hydrogens (tertiary/aromatic N) is 1. The summed E-state index contributed by atoms with van der Waals surface area (Å²) in [6.07, 6.45) is 1.96. The SMILES string of the molecule is CN(CC1CNCCO1)C(c1ccccc1)c1ccco1. The second-order valence-electron chi connectivity index (χ2n) is 5.47. The maximum atomic E-state index is 5.82. The predicted octanol–water partition coefficient (Wildman–Crippen LogP) is 2.29. The molecule has 2 unspecified atom stereocenters. The summed E-state index contributed by atoms with van der Waals surface area (Å²) < 4.78 is 11.5. The maximum absolute atomic E-state index is 5.82. The zero-order valence-corrected chi connectivity index (χ0v) is 12.4. The highest BCUT2D eigenvalue weighted by molar-refractivity contribution is 5.26. The lowest BCUT2D eigenvalue weighted by Crippen LogP contribution is -2.45. The Morgan fingerprint density at radius 1 is 1.24 bits per heavy atom. The van der Waals surface area contributed by atoms with Gasteiger partial charge in [0.25, 0.3) is 0 Å². The molecule has 3 rings (SSSR count). The van der Waals surface area contributed by atoms with Crippen LogP contribution >= 0.6 is 0 Å². The minimum Gasteiger partial charge on any atom is -0.467 e. The van der Waals surface area contributed by atoms with Crippen molar-refractivity contribution in [3.05, 3.63) is 60.1 Å². The Labute approximate surface area is 125 Å². The van der Waals surface area contributed by atoms with Crippen LogP contribution in [0.15, 0.2) is 53.1 Å². The topological polar surface area (TPSA) is 37.6 Å². The second kappa shape index (κ2) is 6.89. The fourth-order valence-corrected chi connectivity index (χ4v) is 2.88. The Hall–Kier alpha value is -1.62. The van der Waals surface area contributed by atoms with Gasteiger partial charge in [0.2, 0.25) is 0 Å². The molecular weight excluding hydrogens is 264 g/mol. The quantitative estimate of drug-likeness (QED) is 0.915. The van der Waals surface area contributed by atoms with Crippen molar-refractivity contribution in [3.63, 3.8) is 0 Å². The average Bonchev–Trinajstić information content (AvgIpc) is 3.03. The number of hydrogen-bond acceptors (Lipinski definition) is 4. The first-order chi connectivity index (χ1) is 10.3. The van der Waals surface area contributed by atoms with Gasteiger partial charge in [-0.2, -0.15) is 0 Å². The summed E-state index contributed by atoms with van der Waals surface area (Å²) in [6, 6.07) is 14.6. The lowest BCUT2D eigenvalue weighted by atomic mass is 10.0. The predicted molar refractivity (Wildman–Crippen MR) is 82.2 cm³/mol. The molecule has 1 N–H and O–H groups in total. The molecule has 0 amide bonds. The van der Waals surface area contributed by atoms with E-state index in [9.17, 15) is 0 Å². The first-order valence-electron chi connectivity index (χ1n) is 7.45. The van der Waals surface area contributed by atoms with Crippen molar-refractivity contribution in [1.82, 2.24) is 10.2 Å². The summed E-state index contributed by atoms with van der Waals surface area (Å²) in [5.41, 5.74) is 1.23. The molecule has 4 nitrogen and oxygen atoms in total. The molecule has 2 heterocycles. The van der Waals surface area contributed by atoms with Crippen LogP contribution in [-0.2, 0) is 4.74 Å². The number of benzene rings is 1. The van der Waals surface area contributed by atoms with E-state index < -0.39 is 0 Å². The second-order valence-corrected chi connectivity index (χ2v) is 5.47. The van der Waals surface area contributed by atoms with Gasteiger partial charge >= 0.3 is 0 Å². The van der Waals surface area contributed by atoms with Crippen molar-refractivity contribution in [2.75, 3.05) is 33.3 Å².